The van der Waals surface area contributed by atoms with Crippen LogP contribution in [0.25, 0.3) is 0 Å². The lowest BCUT2D eigenvalue weighted by molar-refractivity contribution is 0.0536. The highest BCUT2D eigenvalue weighted by atomic mass is 35.5. The Morgan fingerprint density at radius 2 is 2.17 bits per heavy atom. The predicted molar refractivity (Wildman–Crippen MR) is 115 cm³/mol. The van der Waals surface area contributed by atoms with Crippen molar-refractivity contribution in [1.82, 2.24) is 0 Å². The van der Waals surface area contributed by atoms with Crippen LogP contribution in [-0.2, 0) is 12.8 Å². The van der Waals surface area contributed by atoms with Crippen LogP contribution in [0, 0.1) is 18.3 Å². The van der Waals surface area contributed by atoms with Gasteiger partial charge in [0, 0.05) is 11.3 Å². The Morgan fingerprint density at radius 1 is 1.41 bits per heavy atom. The normalized spacial score (nSPS) is 22.1. The van der Waals surface area contributed by atoms with Gasteiger partial charge in [-0.05, 0) is 65.8 Å². The maximum Gasteiger partial charge on any atom is 0.173 e. The van der Waals surface area contributed by atoms with Gasteiger partial charge in [0.1, 0.15) is 18.5 Å². The zero-order valence-corrected chi connectivity index (χ0v) is 18.6. The number of ether oxygens (including phenoxy) is 1. The molecule has 0 unspecified atom stereocenters. The van der Waals surface area contributed by atoms with Crippen molar-refractivity contribution in [1.29, 1.82) is 0 Å². The molecule has 0 bridgehead atoms. The summed E-state index contributed by atoms with van der Waals surface area (Å²) in [5.41, 5.74) is 4.15. The molecule has 2 aliphatic carbocycles. The topological polar surface area (TPSA) is 66.8 Å². The fourth-order valence-electron chi connectivity index (χ4n) is 4.78. The first-order valence-electron chi connectivity index (χ1n) is 10.1. The van der Waals surface area contributed by atoms with Gasteiger partial charge in [-0.15, -0.1) is 11.3 Å². The second kappa shape index (κ2) is 7.69. The Kier molecular flexibility index (Phi) is 5.53. The first-order chi connectivity index (χ1) is 13.7. The van der Waals surface area contributed by atoms with Crippen molar-refractivity contribution in [2.24, 2.45) is 11.3 Å². The van der Waals surface area contributed by atoms with E-state index in [4.69, 9.17) is 21.4 Å². The van der Waals surface area contributed by atoms with Crippen LogP contribution in [0.1, 0.15) is 57.4 Å². The molecule has 1 aromatic carbocycles. The van der Waals surface area contributed by atoms with E-state index in [0.717, 1.165) is 16.9 Å². The number of carbonyl (C=O) groups excluding carboxylic acids is 1. The van der Waals surface area contributed by atoms with Gasteiger partial charge in [-0.3, -0.25) is 4.79 Å². The molecule has 1 heterocycles. The van der Waals surface area contributed by atoms with E-state index < -0.39 is 6.10 Å². The number of benzene rings is 1. The van der Waals surface area contributed by atoms with Crippen LogP contribution in [0.15, 0.2) is 18.2 Å². The number of halogens is 1. The number of hydrogen-bond donors (Lipinski definition) is 2. The average molecular weight is 435 g/mol. The Balaban J connectivity index is 1.39. The molecule has 1 saturated carbocycles. The van der Waals surface area contributed by atoms with Gasteiger partial charge in [0.2, 0.25) is 0 Å². The molecule has 0 saturated heterocycles. The highest BCUT2D eigenvalue weighted by Crippen LogP contribution is 2.71. The second-order valence-corrected chi connectivity index (χ2v) is 10.5. The quantitative estimate of drug-likeness (QED) is 0.598. The van der Waals surface area contributed by atoms with Gasteiger partial charge in [0.25, 0.3) is 0 Å². The van der Waals surface area contributed by atoms with Crippen LogP contribution in [0.3, 0.4) is 0 Å². The summed E-state index contributed by atoms with van der Waals surface area (Å²) in [5, 5.41) is 18.7. The molecule has 0 amide bonds. The summed E-state index contributed by atoms with van der Waals surface area (Å²) in [6, 6.07) is 5.44. The predicted octanol–water partition coefficient (Wildman–Crippen LogP) is 4.55. The summed E-state index contributed by atoms with van der Waals surface area (Å²) in [6.07, 6.45) is 1.21. The lowest BCUT2D eigenvalue weighted by Gasteiger charge is -2.12. The summed E-state index contributed by atoms with van der Waals surface area (Å²) >= 11 is 7.93. The molecule has 0 radical (unpaired) electrons. The number of fused-ring (bicyclic) bond motifs is 3. The van der Waals surface area contributed by atoms with Crippen molar-refractivity contribution in [2.75, 3.05) is 13.2 Å². The third-order valence-corrected chi connectivity index (χ3v) is 8.05. The van der Waals surface area contributed by atoms with Gasteiger partial charge >= 0.3 is 0 Å². The van der Waals surface area contributed by atoms with E-state index in [-0.39, 0.29) is 19.0 Å². The third-order valence-electron chi connectivity index (χ3n) is 6.55. The number of hydrogen-bond acceptors (Lipinski definition) is 5. The molecule has 156 valence electrons. The van der Waals surface area contributed by atoms with Gasteiger partial charge in [-0.2, -0.15) is 0 Å². The fourth-order valence-corrected chi connectivity index (χ4v) is 6.24. The van der Waals surface area contributed by atoms with Crippen molar-refractivity contribution in [2.45, 2.75) is 52.1 Å². The van der Waals surface area contributed by atoms with E-state index in [2.05, 4.69) is 20.8 Å². The molecular weight excluding hydrogens is 408 g/mol. The minimum absolute atomic E-state index is 0.0182. The van der Waals surface area contributed by atoms with E-state index in [1.807, 2.05) is 6.07 Å². The minimum Gasteiger partial charge on any atom is -0.489 e. The molecule has 6 heteroatoms. The summed E-state index contributed by atoms with van der Waals surface area (Å²) in [5.74, 6) is 2.04. The fraction of sp³-hybridized carbons (Fsp3) is 0.522. The molecule has 3 atom stereocenters. The molecule has 4 nitrogen and oxygen atoms in total. The van der Waals surface area contributed by atoms with Crippen LogP contribution < -0.4 is 4.74 Å². The van der Waals surface area contributed by atoms with E-state index in [1.54, 1.807) is 23.5 Å². The average Bonchev–Trinajstić information content (AvgIpc) is 3.02. The Morgan fingerprint density at radius 3 is 2.86 bits per heavy atom. The molecule has 1 fully saturated rings. The van der Waals surface area contributed by atoms with Crippen LogP contribution >= 0.6 is 22.9 Å². The van der Waals surface area contributed by atoms with Crippen LogP contribution in [0.4, 0.5) is 0 Å². The molecule has 2 aromatic rings. The van der Waals surface area contributed by atoms with Gasteiger partial charge in [0.05, 0.1) is 16.5 Å². The Labute approximate surface area is 180 Å². The van der Waals surface area contributed by atoms with Crippen molar-refractivity contribution in [3.63, 3.8) is 0 Å². The molecule has 1 aromatic heterocycles. The van der Waals surface area contributed by atoms with Crippen molar-refractivity contribution in [3.8, 4) is 5.75 Å². The molecule has 29 heavy (non-hydrogen) atoms. The number of carbonyl (C=O) groups is 1. The zero-order chi connectivity index (χ0) is 20.9. The number of thiophene rings is 1. The lowest BCUT2D eigenvalue weighted by atomic mass is 9.94. The molecule has 4 rings (SSSR count). The van der Waals surface area contributed by atoms with Gasteiger partial charge in [0.15, 0.2) is 5.78 Å². The van der Waals surface area contributed by atoms with Crippen LogP contribution in [0.2, 0.25) is 5.02 Å². The smallest absolute Gasteiger partial charge is 0.173 e. The van der Waals surface area contributed by atoms with Crippen LogP contribution in [-0.4, -0.2) is 35.3 Å². The lowest BCUT2D eigenvalue weighted by Crippen LogP contribution is -2.21. The van der Waals surface area contributed by atoms with E-state index in [0.29, 0.717) is 40.9 Å². The highest BCUT2D eigenvalue weighted by molar-refractivity contribution is 7.14. The molecule has 2 aliphatic rings. The summed E-state index contributed by atoms with van der Waals surface area (Å²) in [4.78, 5) is 15.2. The first-order valence-corrected chi connectivity index (χ1v) is 11.3. The standard InChI is InChI=1S/C23H27ClO4S/c1-12-20-15(9-16-21(20)23(16,2)3)22(29-12)18(27)6-4-13-5-7-19(17(24)8-13)28-11-14(26)10-25/h5,7-8,14,16,21,25-26H,4,6,9-11H2,1-3H3/t14-,16+,21+/m0/s1. The second-order valence-electron chi connectivity index (χ2n) is 8.82. The first kappa shape index (κ1) is 20.9. The molecular formula is C23H27ClO4S. The number of aryl methyl sites for hydroxylation is 2. The maximum absolute atomic E-state index is 12.9. The largest absolute Gasteiger partial charge is 0.489 e. The SMILES string of the molecule is Cc1sc(C(=O)CCc2ccc(OC[C@@H](O)CO)c(Cl)c2)c2c1[C@H]1[C@@H](C2)C1(C)C. The number of aliphatic hydroxyl groups excluding tert-OH is 2. The minimum atomic E-state index is -0.934. The zero-order valence-electron chi connectivity index (χ0n) is 17.0. The number of aliphatic hydroxyl groups is 2. The van der Waals surface area contributed by atoms with E-state index in [1.165, 1.54) is 16.0 Å². The number of ketones is 1. The highest BCUT2D eigenvalue weighted by Gasteiger charge is 2.63. The van der Waals surface area contributed by atoms with Crippen molar-refractivity contribution >= 4 is 28.7 Å². The maximum atomic E-state index is 12.9. The number of rotatable bonds is 8. The van der Waals surface area contributed by atoms with Crippen molar-refractivity contribution < 1.29 is 19.7 Å². The van der Waals surface area contributed by atoms with Crippen LogP contribution in [0.5, 0.6) is 5.75 Å². The van der Waals surface area contributed by atoms with E-state index >= 15 is 0 Å². The van der Waals surface area contributed by atoms with Crippen molar-refractivity contribution in [3.05, 3.63) is 49.7 Å². The summed E-state index contributed by atoms with van der Waals surface area (Å²) < 4.78 is 5.42. The van der Waals surface area contributed by atoms with Gasteiger partial charge in [-0.25, -0.2) is 0 Å². The van der Waals surface area contributed by atoms with Gasteiger partial charge in [-0.1, -0.05) is 31.5 Å². The third kappa shape index (κ3) is 3.74. The summed E-state index contributed by atoms with van der Waals surface area (Å²) in [6.45, 7) is 6.46. The van der Waals surface area contributed by atoms with Gasteiger partial charge < -0.3 is 14.9 Å². The Hall–Kier alpha value is -1.40. The summed E-state index contributed by atoms with van der Waals surface area (Å²) in [7, 11) is 0. The monoisotopic (exact) mass is 434 g/mol. The van der Waals surface area contributed by atoms with E-state index in [9.17, 15) is 9.90 Å². The molecule has 2 N–H and O–H groups in total. The molecule has 0 aliphatic heterocycles. The molecule has 0 spiro atoms. The number of Topliss-reactive ketones (excluding diaryl/α,β-unsaturated/α-hetero) is 1. The Bertz CT molecular complexity index is 949.